The molecular formula is C17H16N2O3S. The number of hydrogen-bond acceptors (Lipinski definition) is 4. The summed E-state index contributed by atoms with van der Waals surface area (Å²) < 4.78 is 0. The molecule has 5 nitrogen and oxygen atoms in total. The Morgan fingerprint density at radius 1 is 1.22 bits per heavy atom. The van der Waals surface area contributed by atoms with E-state index in [2.05, 4.69) is 4.98 Å². The fourth-order valence-corrected chi connectivity index (χ4v) is 4.05. The average molecular weight is 328 g/mol. The van der Waals surface area contributed by atoms with Crippen molar-refractivity contribution in [1.29, 1.82) is 0 Å². The van der Waals surface area contributed by atoms with Crippen molar-refractivity contribution in [1.82, 2.24) is 9.88 Å². The molecule has 2 aromatic rings. The van der Waals surface area contributed by atoms with Crippen molar-refractivity contribution in [2.45, 2.75) is 37.8 Å². The van der Waals surface area contributed by atoms with Gasteiger partial charge in [-0.1, -0.05) is 24.3 Å². The molecule has 4 rings (SSSR count). The van der Waals surface area contributed by atoms with Crippen molar-refractivity contribution >= 4 is 23.2 Å². The Hall–Kier alpha value is -2.21. The number of carbonyl (C=O) groups is 2. The van der Waals surface area contributed by atoms with Gasteiger partial charge >= 0.3 is 5.97 Å². The topological polar surface area (TPSA) is 70.5 Å². The largest absolute Gasteiger partial charge is 0.480 e. The predicted molar refractivity (Wildman–Crippen MR) is 85.5 cm³/mol. The number of aliphatic carboxylic acids is 1. The van der Waals surface area contributed by atoms with Crippen molar-refractivity contribution < 1.29 is 14.7 Å². The van der Waals surface area contributed by atoms with Gasteiger partial charge in [-0.2, -0.15) is 0 Å². The lowest BCUT2D eigenvalue weighted by Crippen LogP contribution is -2.48. The summed E-state index contributed by atoms with van der Waals surface area (Å²) in [6, 6.07) is 6.89. The zero-order valence-electron chi connectivity index (χ0n) is 12.4. The first-order valence-corrected chi connectivity index (χ1v) is 8.51. The van der Waals surface area contributed by atoms with E-state index in [1.807, 2.05) is 24.3 Å². The third-order valence-corrected chi connectivity index (χ3v) is 5.60. The van der Waals surface area contributed by atoms with Crippen LogP contribution >= 0.6 is 11.3 Å². The quantitative estimate of drug-likeness (QED) is 0.940. The second-order valence-corrected chi connectivity index (χ2v) is 7.16. The Bertz CT molecular complexity index is 782. The molecule has 1 aliphatic heterocycles. The number of hydrogen-bond donors (Lipinski definition) is 1. The highest BCUT2D eigenvalue weighted by Crippen LogP contribution is 2.42. The number of rotatable bonds is 3. The van der Waals surface area contributed by atoms with E-state index in [9.17, 15) is 14.7 Å². The van der Waals surface area contributed by atoms with Crippen molar-refractivity contribution in [2.24, 2.45) is 0 Å². The van der Waals surface area contributed by atoms with Crippen LogP contribution in [0.4, 0.5) is 0 Å². The highest BCUT2D eigenvalue weighted by Gasteiger charge is 2.36. The monoisotopic (exact) mass is 328 g/mol. The van der Waals surface area contributed by atoms with E-state index in [1.165, 1.54) is 16.2 Å². The Morgan fingerprint density at radius 2 is 1.96 bits per heavy atom. The van der Waals surface area contributed by atoms with E-state index in [0.717, 1.165) is 29.0 Å². The molecule has 0 radical (unpaired) electrons. The van der Waals surface area contributed by atoms with Crippen LogP contribution in [0.5, 0.6) is 0 Å². The van der Waals surface area contributed by atoms with Gasteiger partial charge in [0.15, 0.2) is 0 Å². The van der Waals surface area contributed by atoms with Crippen LogP contribution in [-0.4, -0.2) is 32.9 Å². The maximum Gasteiger partial charge on any atom is 0.326 e. The number of amides is 1. The first-order valence-electron chi connectivity index (χ1n) is 7.70. The molecule has 2 heterocycles. The molecule has 0 bridgehead atoms. The lowest BCUT2D eigenvalue weighted by molar-refractivity contribution is -0.142. The van der Waals surface area contributed by atoms with Crippen LogP contribution in [0.15, 0.2) is 30.5 Å². The Labute approximate surface area is 137 Å². The molecule has 0 spiro atoms. The van der Waals surface area contributed by atoms with E-state index in [-0.39, 0.29) is 5.91 Å². The van der Waals surface area contributed by atoms with Gasteiger partial charge in [0.1, 0.15) is 10.9 Å². The van der Waals surface area contributed by atoms with E-state index in [1.54, 1.807) is 6.20 Å². The number of benzene rings is 1. The molecule has 1 N–H and O–H groups in total. The van der Waals surface area contributed by atoms with Gasteiger partial charge in [0, 0.05) is 18.9 Å². The Kier molecular flexibility index (Phi) is 3.41. The third-order valence-electron chi connectivity index (χ3n) is 4.46. The minimum Gasteiger partial charge on any atom is -0.480 e. The summed E-state index contributed by atoms with van der Waals surface area (Å²) in [5, 5.41) is 10.5. The zero-order valence-corrected chi connectivity index (χ0v) is 13.3. The van der Waals surface area contributed by atoms with Gasteiger partial charge in [-0.15, -0.1) is 11.3 Å². The second kappa shape index (κ2) is 5.45. The van der Waals surface area contributed by atoms with Crippen LogP contribution in [0.25, 0.3) is 0 Å². The summed E-state index contributed by atoms with van der Waals surface area (Å²) in [5.74, 6) is -0.685. The van der Waals surface area contributed by atoms with E-state index in [4.69, 9.17) is 0 Å². The molecule has 1 aromatic heterocycles. The van der Waals surface area contributed by atoms with Gasteiger partial charge < -0.3 is 10.0 Å². The fourth-order valence-electron chi connectivity index (χ4n) is 3.00. The maximum atomic E-state index is 12.8. The molecular weight excluding hydrogens is 312 g/mol. The molecule has 2 aliphatic rings. The smallest absolute Gasteiger partial charge is 0.326 e. The Morgan fingerprint density at radius 3 is 2.65 bits per heavy atom. The number of carboxylic acid groups (broad SMARTS) is 1. The SMILES string of the molecule is O=C(O)C1Cc2ccccc2CN1C(=O)c1cnc(C2CC2)s1. The molecule has 1 fully saturated rings. The predicted octanol–water partition coefficient (Wildman–Crippen LogP) is 2.67. The van der Waals surface area contributed by atoms with Gasteiger partial charge in [0.05, 0.1) is 11.2 Å². The standard InChI is InChI=1S/C17H16N2O3S/c20-16(14-8-18-15(23-14)10-5-6-10)19-9-12-4-2-1-3-11(12)7-13(19)17(21)22/h1-4,8,10,13H,5-7,9H2,(H,21,22). The van der Waals surface area contributed by atoms with Gasteiger partial charge in [0.2, 0.25) is 0 Å². The number of carbonyl (C=O) groups excluding carboxylic acids is 1. The summed E-state index contributed by atoms with van der Waals surface area (Å²) in [7, 11) is 0. The summed E-state index contributed by atoms with van der Waals surface area (Å²) in [6.45, 7) is 0.336. The average Bonchev–Trinajstić information content (AvgIpc) is 3.30. The van der Waals surface area contributed by atoms with E-state index >= 15 is 0 Å². The molecule has 1 aromatic carbocycles. The van der Waals surface area contributed by atoms with Crippen LogP contribution in [-0.2, 0) is 17.8 Å². The number of thiazole rings is 1. The first kappa shape index (κ1) is 14.4. The van der Waals surface area contributed by atoms with Crippen LogP contribution < -0.4 is 0 Å². The van der Waals surface area contributed by atoms with E-state index in [0.29, 0.717) is 23.8 Å². The summed E-state index contributed by atoms with van der Waals surface area (Å²) in [5.41, 5.74) is 2.03. The number of aromatic nitrogens is 1. The molecule has 6 heteroatoms. The van der Waals surface area contributed by atoms with Crippen LogP contribution in [0, 0.1) is 0 Å². The zero-order chi connectivity index (χ0) is 16.0. The number of fused-ring (bicyclic) bond motifs is 1. The van der Waals surface area contributed by atoms with Crippen LogP contribution in [0.2, 0.25) is 0 Å². The molecule has 1 saturated carbocycles. The number of carboxylic acids is 1. The first-order chi connectivity index (χ1) is 11.1. The van der Waals surface area contributed by atoms with Gasteiger partial charge in [-0.05, 0) is 24.0 Å². The summed E-state index contributed by atoms with van der Waals surface area (Å²) in [4.78, 5) is 30.8. The molecule has 23 heavy (non-hydrogen) atoms. The van der Waals surface area contributed by atoms with Crippen LogP contribution in [0.3, 0.4) is 0 Å². The fraction of sp³-hybridized carbons (Fsp3) is 0.353. The third kappa shape index (κ3) is 2.63. The normalized spacial score (nSPS) is 20.2. The molecule has 118 valence electrons. The molecule has 1 amide bonds. The number of nitrogens with zero attached hydrogens (tertiary/aromatic N) is 2. The van der Waals surface area contributed by atoms with Crippen LogP contribution in [0.1, 0.15) is 44.6 Å². The minimum atomic E-state index is -0.959. The minimum absolute atomic E-state index is 0.226. The molecule has 0 saturated heterocycles. The lowest BCUT2D eigenvalue weighted by Gasteiger charge is -2.34. The van der Waals surface area contributed by atoms with E-state index < -0.39 is 12.0 Å². The van der Waals surface area contributed by atoms with Gasteiger partial charge in [-0.25, -0.2) is 9.78 Å². The maximum absolute atomic E-state index is 12.8. The molecule has 1 unspecified atom stereocenters. The van der Waals surface area contributed by atoms with Crippen molar-refractivity contribution in [2.75, 3.05) is 0 Å². The van der Waals surface area contributed by atoms with Gasteiger partial charge in [0.25, 0.3) is 5.91 Å². The molecule has 1 aliphatic carbocycles. The Balaban J connectivity index is 1.64. The lowest BCUT2D eigenvalue weighted by atomic mass is 9.94. The van der Waals surface area contributed by atoms with Gasteiger partial charge in [-0.3, -0.25) is 4.79 Å². The highest BCUT2D eigenvalue weighted by atomic mass is 32.1. The highest BCUT2D eigenvalue weighted by molar-refractivity contribution is 7.13. The van der Waals surface area contributed by atoms with Crippen molar-refractivity contribution in [3.05, 3.63) is 51.5 Å². The summed E-state index contributed by atoms with van der Waals surface area (Å²) in [6.07, 6.45) is 4.22. The van der Waals surface area contributed by atoms with Crippen molar-refractivity contribution in [3.8, 4) is 0 Å². The molecule has 1 atom stereocenters. The second-order valence-electron chi connectivity index (χ2n) is 6.10. The summed E-state index contributed by atoms with van der Waals surface area (Å²) >= 11 is 1.41. The van der Waals surface area contributed by atoms with Crippen molar-refractivity contribution in [3.63, 3.8) is 0 Å².